The highest BCUT2D eigenvalue weighted by molar-refractivity contribution is 6.71. The maximum absolute atomic E-state index is 6.25. The summed E-state index contributed by atoms with van der Waals surface area (Å²) in [5.74, 6) is 3.89. The van der Waals surface area contributed by atoms with Gasteiger partial charge in [-0.2, -0.15) is 0 Å². The molecular formula is C27H32O7Si. The third-order valence-corrected chi connectivity index (χ3v) is 8.29. The van der Waals surface area contributed by atoms with Gasteiger partial charge in [0, 0.05) is 7.11 Å². The fourth-order valence-electron chi connectivity index (χ4n) is 4.24. The van der Waals surface area contributed by atoms with Crippen molar-refractivity contribution in [2.24, 2.45) is 0 Å². The van der Waals surface area contributed by atoms with Gasteiger partial charge in [0.05, 0.1) is 35.5 Å². The van der Waals surface area contributed by atoms with Crippen LogP contribution in [0.3, 0.4) is 0 Å². The standard InChI is InChI=1S/C27H32O7Si/c1-28-22-9-16-17-10-23(29-2)25(31-4)12-19(17)21-14-27(34-15-35(7,8)33-6)26(32-5)13-20(21)18(16)11-24(22)30-3/h9-14H,15H2,1-8H3. The summed E-state index contributed by atoms with van der Waals surface area (Å²) in [7, 11) is 7.96. The van der Waals surface area contributed by atoms with Crippen LogP contribution in [0.15, 0.2) is 36.4 Å². The minimum atomic E-state index is -1.96. The third-order valence-electron chi connectivity index (χ3n) is 6.35. The molecule has 4 aromatic carbocycles. The van der Waals surface area contributed by atoms with E-state index in [4.69, 9.17) is 32.8 Å². The number of rotatable bonds is 9. The summed E-state index contributed by atoms with van der Waals surface area (Å²) < 4.78 is 40.1. The van der Waals surface area contributed by atoms with Crippen molar-refractivity contribution in [2.75, 3.05) is 48.9 Å². The lowest BCUT2D eigenvalue weighted by Gasteiger charge is -2.22. The minimum absolute atomic E-state index is 0.499. The van der Waals surface area contributed by atoms with E-state index in [1.807, 2.05) is 36.4 Å². The molecule has 0 aliphatic heterocycles. The van der Waals surface area contributed by atoms with Crippen molar-refractivity contribution in [1.82, 2.24) is 0 Å². The summed E-state index contributed by atoms with van der Waals surface area (Å²) in [6, 6.07) is 12.0. The van der Waals surface area contributed by atoms with Gasteiger partial charge in [-0.1, -0.05) is 0 Å². The second-order valence-corrected chi connectivity index (χ2v) is 13.0. The summed E-state index contributed by atoms with van der Waals surface area (Å²) in [5, 5.41) is 5.96. The Hall–Kier alpha value is -3.36. The van der Waals surface area contributed by atoms with Crippen molar-refractivity contribution >= 4 is 40.6 Å². The fraction of sp³-hybridized carbons (Fsp3) is 0.333. The van der Waals surface area contributed by atoms with Crippen molar-refractivity contribution in [3.63, 3.8) is 0 Å². The molecule has 4 rings (SSSR count). The van der Waals surface area contributed by atoms with Crippen LogP contribution in [0.4, 0.5) is 0 Å². The molecule has 0 atom stereocenters. The zero-order valence-electron chi connectivity index (χ0n) is 21.5. The van der Waals surface area contributed by atoms with E-state index >= 15 is 0 Å². The summed E-state index contributed by atoms with van der Waals surface area (Å²) in [6.07, 6.45) is 0.499. The molecule has 8 heteroatoms. The van der Waals surface area contributed by atoms with Crippen molar-refractivity contribution < 1.29 is 32.8 Å². The maximum Gasteiger partial charge on any atom is 0.224 e. The molecule has 0 aliphatic rings. The van der Waals surface area contributed by atoms with E-state index in [0.29, 0.717) is 40.7 Å². The largest absolute Gasteiger partial charge is 0.493 e. The fourth-order valence-corrected chi connectivity index (χ4v) is 4.86. The van der Waals surface area contributed by atoms with E-state index in [2.05, 4.69) is 13.1 Å². The van der Waals surface area contributed by atoms with Gasteiger partial charge >= 0.3 is 0 Å². The maximum atomic E-state index is 6.25. The molecule has 4 aromatic rings. The minimum Gasteiger partial charge on any atom is -0.493 e. The molecule has 0 aromatic heterocycles. The lowest BCUT2D eigenvalue weighted by atomic mass is 9.93. The van der Waals surface area contributed by atoms with Gasteiger partial charge in [0.15, 0.2) is 34.5 Å². The normalized spacial score (nSPS) is 11.7. The SMILES string of the molecule is COc1cc2c3cc(OC)c(OC)cc3c3cc(OC[Si](C)(C)OC)c(OC)cc3c2cc1OC. The first kappa shape index (κ1) is 24.8. The second kappa shape index (κ2) is 9.71. The van der Waals surface area contributed by atoms with E-state index in [1.54, 1.807) is 42.7 Å². The van der Waals surface area contributed by atoms with Gasteiger partial charge in [-0.25, -0.2) is 0 Å². The number of benzene rings is 4. The van der Waals surface area contributed by atoms with Gasteiger partial charge in [-0.15, -0.1) is 0 Å². The molecular weight excluding hydrogens is 464 g/mol. The highest BCUT2D eigenvalue weighted by Gasteiger charge is 2.24. The lowest BCUT2D eigenvalue weighted by Crippen LogP contribution is -2.37. The van der Waals surface area contributed by atoms with E-state index in [9.17, 15) is 0 Å². The molecule has 0 fully saturated rings. The Balaban J connectivity index is 2.13. The van der Waals surface area contributed by atoms with Crippen LogP contribution in [-0.4, -0.2) is 57.2 Å². The van der Waals surface area contributed by atoms with Crippen LogP contribution < -0.4 is 28.4 Å². The molecule has 0 spiro atoms. The molecule has 35 heavy (non-hydrogen) atoms. The molecule has 7 nitrogen and oxygen atoms in total. The van der Waals surface area contributed by atoms with Crippen molar-refractivity contribution in [2.45, 2.75) is 13.1 Å². The quantitative estimate of drug-likeness (QED) is 0.209. The van der Waals surface area contributed by atoms with E-state index < -0.39 is 8.32 Å². The number of fused-ring (bicyclic) bond motifs is 6. The first-order valence-corrected chi connectivity index (χ1v) is 14.4. The van der Waals surface area contributed by atoms with Gasteiger partial charge < -0.3 is 32.8 Å². The first-order valence-electron chi connectivity index (χ1n) is 11.2. The van der Waals surface area contributed by atoms with Gasteiger partial charge in [0.1, 0.15) is 6.23 Å². The van der Waals surface area contributed by atoms with Crippen LogP contribution in [0.5, 0.6) is 34.5 Å². The van der Waals surface area contributed by atoms with Crippen molar-refractivity contribution in [3.8, 4) is 34.5 Å². The Morgan fingerprint density at radius 3 is 0.971 bits per heavy atom. The topological polar surface area (TPSA) is 64.6 Å². The highest BCUT2D eigenvalue weighted by atomic mass is 28.4. The molecule has 186 valence electrons. The van der Waals surface area contributed by atoms with Crippen LogP contribution in [-0.2, 0) is 4.43 Å². The van der Waals surface area contributed by atoms with E-state index in [0.717, 1.165) is 32.3 Å². The molecule has 0 amide bonds. The van der Waals surface area contributed by atoms with Crippen LogP contribution in [0, 0.1) is 0 Å². The predicted molar refractivity (Wildman–Crippen MR) is 142 cm³/mol. The molecule has 0 heterocycles. The molecule has 0 saturated heterocycles. The van der Waals surface area contributed by atoms with Crippen LogP contribution in [0.1, 0.15) is 0 Å². The Kier molecular flexibility index (Phi) is 6.87. The van der Waals surface area contributed by atoms with Crippen molar-refractivity contribution in [3.05, 3.63) is 36.4 Å². The first-order chi connectivity index (χ1) is 16.8. The molecule has 0 aliphatic carbocycles. The summed E-state index contributed by atoms with van der Waals surface area (Å²) in [5.41, 5.74) is 0. The Morgan fingerprint density at radius 1 is 0.457 bits per heavy atom. The Labute approximate surface area is 206 Å². The van der Waals surface area contributed by atoms with Gasteiger partial charge in [0.25, 0.3) is 0 Å². The van der Waals surface area contributed by atoms with Gasteiger partial charge in [-0.05, 0) is 81.8 Å². The monoisotopic (exact) mass is 496 g/mol. The number of hydrogen-bond donors (Lipinski definition) is 0. The molecule has 0 saturated carbocycles. The average molecular weight is 497 g/mol. The van der Waals surface area contributed by atoms with Gasteiger partial charge in [-0.3, -0.25) is 0 Å². The predicted octanol–water partition coefficient (Wildman–Crippen LogP) is 5.96. The molecule has 0 unspecified atom stereocenters. The summed E-state index contributed by atoms with van der Waals surface area (Å²) in [4.78, 5) is 0. The highest BCUT2D eigenvalue weighted by Crippen LogP contribution is 2.46. The van der Waals surface area contributed by atoms with E-state index in [-0.39, 0.29) is 0 Å². The Bertz CT molecular complexity index is 1360. The smallest absolute Gasteiger partial charge is 0.224 e. The lowest BCUT2D eigenvalue weighted by molar-refractivity contribution is 0.303. The van der Waals surface area contributed by atoms with E-state index in [1.165, 1.54) is 0 Å². The zero-order valence-corrected chi connectivity index (χ0v) is 22.5. The molecule has 0 N–H and O–H groups in total. The summed E-state index contributed by atoms with van der Waals surface area (Å²) in [6.45, 7) is 4.22. The summed E-state index contributed by atoms with van der Waals surface area (Å²) >= 11 is 0. The second-order valence-electron chi connectivity index (χ2n) is 8.81. The number of methoxy groups -OCH3 is 5. The van der Waals surface area contributed by atoms with Crippen LogP contribution in [0.25, 0.3) is 32.3 Å². The number of ether oxygens (including phenoxy) is 6. The Morgan fingerprint density at radius 2 is 0.714 bits per heavy atom. The van der Waals surface area contributed by atoms with Gasteiger partial charge in [0.2, 0.25) is 8.32 Å². The molecule has 0 radical (unpaired) electrons. The average Bonchev–Trinajstić information content (AvgIpc) is 2.89. The third kappa shape index (κ3) is 4.39. The number of hydrogen-bond acceptors (Lipinski definition) is 7. The van der Waals surface area contributed by atoms with Crippen molar-refractivity contribution in [1.29, 1.82) is 0 Å². The molecule has 0 bridgehead atoms. The zero-order chi connectivity index (χ0) is 25.3. The van der Waals surface area contributed by atoms with Crippen LogP contribution >= 0.6 is 0 Å². The van der Waals surface area contributed by atoms with Crippen LogP contribution in [0.2, 0.25) is 13.1 Å².